The summed E-state index contributed by atoms with van der Waals surface area (Å²) in [6.07, 6.45) is 0.400. The fraction of sp³-hybridized carbons (Fsp3) is 0.500. The third-order valence-electron chi connectivity index (χ3n) is 3.11. The maximum Gasteiger partial charge on any atom is 0.329 e. The number of aromatic hydroxyl groups is 1. The van der Waals surface area contributed by atoms with Gasteiger partial charge in [0.05, 0.1) is 0 Å². The zero-order chi connectivity index (χ0) is 18.3. The van der Waals surface area contributed by atoms with Gasteiger partial charge in [0.1, 0.15) is 23.2 Å². The first kappa shape index (κ1) is 19.7. The summed E-state index contributed by atoms with van der Waals surface area (Å²) in [4.78, 5) is 35.3. The molecule has 0 fully saturated rings. The second kappa shape index (κ2) is 8.47. The molecule has 0 saturated carbocycles. The van der Waals surface area contributed by atoms with E-state index in [-0.39, 0.29) is 36.7 Å². The number of phenols is 1. The van der Waals surface area contributed by atoms with Crippen LogP contribution in [-0.4, -0.2) is 34.4 Å². The largest absolute Gasteiger partial charge is 0.508 e. The van der Waals surface area contributed by atoms with Crippen LogP contribution < -0.4 is 5.32 Å². The third-order valence-corrected chi connectivity index (χ3v) is 3.11. The molecular formula is C18H25NO5. The van der Waals surface area contributed by atoms with E-state index in [1.54, 1.807) is 32.9 Å². The van der Waals surface area contributed by atoms with Crippen LogP contribution in [0.3, 0.4) is 0 Å². The molecule has 6 heteroatoms. The molecule has 0 heterocycles. The van der Waals surface area contributed by atoms with E-state index in [1.807, 2.05) is 0 Å². The average molecular weight is 335 g/mol. The Kier molecular flexibility index (Phi) is 6.95. The molecule has 0 unspecified atom stereocenters. The van der Waals surface area contributed by atoms with Crippen LogP contribution in [0.25, 0.3) is 0 Å². The highest BCUT2D eigenvalue weighted by Crippen LogP contribution is 2.14. The zero-order valence-corrected chi connectivity index (χ0v) is 14.6. The summed E-state index contributed by atoms with van der Waals surface area (Å²) in [5.41, 5.74) is 0.101. The molecule has 6 nitrogen and oxygen atoms in total. The Morgan fingerprint density at radius 2 is 1.71 bits per heavy atom. The number of hydrogen-bond acceptors (Lipinski definition) is 5. The molecule has 1 atom stereocenters. The SMILES string of the molecule is CC(=O)CCC(=O)N[C@@H](Cc1ccc(O)cc1)C(=O)OC(C)(C)C. The van der Waals surface area contributed by atoms with E-state index >= 15 is 0 Å². The number of rotatable bonds is 7. The maximum atomic E-state index is 12.4. The van der Waals surface area contributed by atoms with E-state index in [1.165, 1.54) is 19.1 Å². The Hall–Kier alpha value is -2.37. The summed E-state index contributed by atoms with van der Waals surface area (Å²) in [7, 11) is 0. The molecule has 0 bridgehead atoms. The molecule has 0 spiro atoms. The molecule has 1 rings (SSSR count). The number of carbonyl (C=O) groups is 3. The van der Waals surface area contributed by atoms with E-state index in [2.05, 4.69) is 5.32 Å². The van der Waals surface area contributed by atoms with Crippen molar-refractivity contribution in [1.82, 2.24) is 5.32 Å². The lowest BCUT2D eigenvalue weighted by Gasteiger charge is -2.24. The van der Waals surface area contributed by atoms with Crippen LogP contribution >= 0.6 is 0 Å². The number of ketones is 1. The predicted octanol–water partition coefficient (Wildman–Crippen LogP) is 2.13. The number of amides is 1. The molecule has 0 radical (unpaired) electrons. The molecule has 2 N–H and O–H groups in total. The van der Waals surface area contributed by atoms with Gasteiger partial charge < -0.3 is 20.0 Å². The number of phenolic OH excluding ortho intramolecular Hbond substituents is 1. The van der Waals surface area contributed by atoms with E-state index < -0.39 is 17.6 Å². The van der Waals surface area contributed by atoms with Crippen molar-refractivity contribution in [2.45, 2.75) is 58.6 Å². The van der Waals surface area contributed by atoms with Gasteiger partial charge in [-0.15, -0.1) is 0 Å². The summed E-state index contributed by atoms with van der Waals surface area (Å²) < 4.78 is 5.35. The van der Waals surface area contributed by atoms with E-state index in [0.29, 0.717) is 0 Å². The maximum absolute atomic E-state index is 12.4. The van der Waals surface area contributed by atoms with Gasteiger partial charge in [0.2, 0.25) is 5.91 Å². The van der Waals surface area contributed by atoms with Crippen molar-refractivity contribution in [1.29, 1.82) is 0 Å². The second-order valence-corrected chi connectivity index (χ2v) is 6.73. The minimum absolute atomic E-state index is 0.0320. The fourth-order valence-electron chi connectivity index (χ4n) is 1.99. The first-order chi connectivity index (χ1) is 11.1. The van der Waals surface area contributed by atoms with Crippen LogP contribution in [0.4, 0.5) is 0 Å². The Balaban J connectivity index is 2.81. The number of nitrogens with one attached hydrogen (secondary N) is 1. The van der Waals surface area contributed by atoms with Crippen molar-refractivity contribution in [2.75, 3.05) is 0 Å². The van der Waals surface area contributed by atoms with Gasteiger partial charge in [0.15, 0.2) is 0 Å². The molecular weight excluding hydrogens is 310 g/mol. The fourth-order valence-corrected chi connectivity index (χ4v) is 1.99. The van der Waals surface area contributed by atoms with Gasteiger partial charge in [0, 0.05) is 19.3 Å². The van der Waals surface area contributed by atoms with E-state index in [0.717, 1.165) is 5.56 Å². The van der Waals surface area contributed by atoms with Gasteiger partial charge >= 0.3 is 5.97 Å². The first-order valence-corrected chi connectivity index (χ1v) is 7.86. The van der Waals surface area contributed by atoms with Gasteiger partial charge in [-0.25, -0.2) is 4.79 Å². The molecule has 0 saturated heterocycles. The summed E-state index contributed by atoms with van der Waals surface area (Å²) in [6, 6.07) is 5.52. The van der Waals surface area contributed by atoms with Crippen LogP contribution in [0.5, 0.6) is 5.75 Å². The molecule has 132 valence electrons. The lowest BCUT2D eigenvalue weighted by Crippen LogP contribution is -2.45. The highest BCUT2D eigenvalue weighted by atomic mass is 16.6. The normalized spacial score (nSPS) is 12.3. The quantitative estimate of drug-likeness (QED) is 0.745. The smallest absolute Gasteiger partial charge is 0.329 e. The second-order valence-electron chi connectivity index (χ2n) is 6.73. The van der Waals surface area contributed by atoms with E-state index in [4.69, 9.17) is 4.74 Å². The van der Waals surface area contributed by atoms with Gasteiger partial charge in [-0.3, -0.25) is 4.79 Å². The Bertz CT molecular complexity index is 586. The Labute approximate surface area is 142 Å². The summed E-state index contributed by atoms with van der Waals surface area (Å²) in [6.45, 7) is 6.66. The molecule has 0 aliphatic heterocycles. The molecule has 24 heavy (non-hydrogen) atoms. The topological polar surface area (TPSA) is 92.7 Å². The zero-order valence-electron chi connectivity index (χ0n) is 14.6. The van der Waals surface area contributed by atoms with E-state index in [9.17, 15) is 19.5 Å². The summed E-state index contributed by atoms with van der Waals surface area (Å²) >= 11 is 0. The van der Waals surface area contributed by atoms with Crippen molar-refractivity contribution in [3.63, 3.8) is 0 Å². The van der Waals surface area contributed by atoms with Gasteiger partial charge in [-0.2, -0.15) is 0 Å². The summed E-state index contributed by atoms with van der Waals surface area (Å²) in [5, 5.41) is 12.0. The van der Waals surface area contributed by atoms with Crippen LogP contribution in [-0.2, 0) is 25.5 Å². The number of hydrogen-bond donors (Lipinski definition) is 2. The molecule has 0 aliphatic rings. The third kappa shape index (κ3) is 7.76. The molecule has 1 aromatic carbocycles. The number of benzene rings is 1. The van der Waals surface area contributed by atoms with Crippen LogP contribution in [0.15, 0.2) is 24.3 Å². The number of Topliss-reactive ketones (excluding diaryl/α,β-unsaturated/α-hetero) is 1. The van der Waals surface area contributed by atoms with Gasteiger partial charge in [0.25, 0.3) is 0 Å². The number of carbonyl (C=O) groups excluding carboxylic acids is 3. The highest BCUT2D eigenvalue weighted by Gasteiger charge is 2.27. The van der Waals surface area contributed by atoms with Crippen LogP contribution in [0.1, 0.15) is 46.1 Å². The lowest BCUT2D eigenvalue weighted by atomic mass is 10.0. The number of ether oxygens (including phenoxy) is 1. The highest BCUT2D eigenvalue weighted by molar-refractivity contribution is 5.87. The minimum atomic E-state index is -0.853. The first-order valence-electron chi connectivity index (χ1n) is 7.86. The van der Waals surface area contributed by atoms with Crippen LogP contribution in [0, 0.1) is 0 Å². The van der Waals surface area contributed by atoms with Crippen molar-refractivity contribution in [2.24, 2.45) is 0 Å². The van der Waals surface area contributed by atoms with Crippen molar-refractivity contribution >= 4 is 17.7 Å². The summed E-state index contributed by atoms with van der Waals surface area (Å²) in [5.74, 6) is -0.873. The Morgan fingerprint density at radius 3 is 2.21 bits per heavy atom. The lowest BCUT2D eigenvalue weighted by molar-refractivity contribution is -0.158. The number of esters is 1. The molecule has 0 aromatic heterocycles. The van der Waals surface area contributed by atoms with Crippen molar-refractivity contribution in [3.8, 4) is 5.75 Å². The monoisotopic (exact) mass is 335 g/mol. The standard InChI is InChI=1S/C18H25NO5/c1-12(20)5-10-16(22)19-15(17(23)24-18(2,3)4)11-13-6-8-14(21)9-7-13/h6-9,15,21H,5,10-11H2,1-4H3,(H,19,22)/t15-/m0/s1. The minimum Gasteiger partial charge on any atom is -0.508 e. The van der Waals surface area contributed by atoms with Crippen molar-refractivity contribution < 1.29 is 24.2 Å². The average Bonchev–Trinajstić information content (AvgIpc) is 2.45. The molecule has 1 amide bonds. The predicted molar refractivity (Wildman–Crippen MR) is 89.5 cm³/mol. The van der Waals surface area contributed by atoms with Crippen molar-refractivity contribution in [3.05, 3.63) is 29.8 Å². The van der Waals surface area contributed by atoms with Gasteiger partial charge in [-0.05, 0) is 45.4 Å². The molecule has 0 aliphatic carbocycles. The Morgan fingerprint density at radius 1 is 1.12 bits per heavy atom. The van der Waals surface area contributed by atoms with Crippen LogP contribution in [0.2, 0.25) is 0 Å². The molecule has 1 aromatic rings. The van der Waals surface area contributed by atoms with Gasteiger partial charge in [-0.1, -0.05) is 12.1 Å².